The number of amides is 1. The van der Waals surface area contributed by atoms with E-state index in [9.17, 15) is 14.4 Å². The van der Waals surface area contributed by atoms with Gasteiger partial charge in [-0.15, -0.1) is 0 Å². The number of unbranched alkanes of at least 4 members (excludes halogenated alkanes) is 3. The number of H-pyrrole nitrogens is 2. The fourth-order valence-corrected chi connectivity index (χ4v) is 2.81. The average Bonchev–Trinajstić information content (AvgIpc) is 2.67. The van der Waals surface area contributed by atoms with Crippen molar-refractivity contribution in [3.8, 4) is 5.75 Å². The molecule has 1 aromatic heterocycles. The minimum Gasteiger partial charge on any atom is -0.494 e. The molecule has 2 aromatic rings. The molecular formula is C18H23N5O4S. The third-order valence-electron chi connectivity index (χ3n) is 3.55. The second kappa shape index (κ2) is 11.8. The van der Waals surface area contributed by atoms with Crippen molar-refractivity contribution in [3.05, 3.63) is 50.7 Å². The average molecular weight is 405 g/mol. The minimum atomic E-state index is -0.699. The summed E-state index contributed by atoms with van der Waals surface area (Å²) in [6.45, 7) is 2.84. The molecule has 0 aliphatic heterocycles. The monoisotopic (exact) mass is 405 g/mol. The Hall–Kier alpha value is -2.88. The second-order valence-electron chi connectivity index (χ2n) is 5.88. The van der Waals surface area contributed by atoms with Gasteiger partial charge in [-0.05, 0) is 24.1 Å². The summed E-state index contributed by atoms with van der Waals surface area (Å²) in [5, 5.41) is 9.58. The van der Waals surface area contributed by atoms with Crippen LogP contribution >= 0.6 is 11.8 Å². The molecule has 0 saturated heterocycles. The Kier molecular flexibility index (Phi) is 8.99. The molecule has 0 aliphatic rings. The van der Waals surface area contributed by atoms with E-state index >= 15 is 0 Å². The molecule has 9 nitrogen and oxygen atoms in total. The van der Waals surface area contributed by atoms with Crippen LogP contribution in [0.1, 0.15) is 38.2 Å². The molecule has 28 heavy (non-hydrogen) atoms. The predicted octanol–water partition coefficient (Wildman–Crippen LogP) is 1.66. The molecular weight excluding hydrogens is 382 g/mol. The van der Waals surface area contributed by atoms with Crippen molar-refractivity contribution in [2.24, 2.45) is 5.10 Å². The maximum Gasteiger partial charge on any atom is 0.342 e. The van der Waals surface area contributed by atoms with Gasteiger partial charge in [-0.2, -0.15) is 10.2 Å². The lowest BCUT2D eigenvalue weighted by molar-refractivity contribution is -0.118. The Labute approximate surface area is 166 Å². The summed E-state index contributed by atoms with van der Waals surface area (Å²) in [5.41, 5.74) is 1.82. The van der Waals surface area contributed by atoms with E-state index < -0.39 is 17.2 Å². The first-order valence-corrected chi connectivity index (χ1v) is 9.93. The number of rotatable bonds is 11. The van der Waals surface area contributed by atoms with Crippen LogP contribution in [0, 0.1) is 0 Å². The molecule has 3 N–H and O–H groups in total. The number of hydrazone groups is 1. The summed E-state index contributed by atoms with van der Waals surface area (Å²) < 4.78 is 5.71. The number of ether oxygens (including phenoxy) is 1. The van der Waals surface area contributed by atoms with Crippen molar-refractivity contribution in [3.63, 3.8) is 0 Å². The lowest BCUT2D eigenvalue weighted by atomic mass is 10.2. The molecule has 0 spiro atoms. The highest BCUT2D eigenvalue weighted by atomic mass is 32.2. The minimum absolute atomic E-state index is 0.00233. The number of aromatic nitrogens is 3. The number of aromatic amines is 2. The molecule has 0 bridgehead atoms. The Morgan fingerprint density at radius 3 is 2.96 bits per heavy atom. The zero-order valence-electron chi connectivity index (χ0n) is 15.6. The summed E-state index contributed by atoms with van der Waals surface area (Å²) >= 11 is 0.896. The van der Waals surface area contributed by atoms with E-state index in [1.54, 1.807) is 0 Å². The van der Waals surface area contributed by atoms with E-state index in [1.807, 2.05) is 29.2 Å². The van der Waals surface area contributed by atoms with Gasteiger partial charge in [-0.25, -0.2) is 15.3 Å². The topological polar surface area (TPSA) is 129 Å². The third-order valence-corrected chi connectivity index (χ3v) is 4.50. The first kappa shape index (κ1) is 21.4. The predicted molar refractivity (Wildman–Crippen MR) is 108 cm³/mol. The standard InChI is InChI=1S/C18H23N5O4S/c1-2-3-4-5-9-27-14-8-6-7-13(10-14)11-19-21-15(24)12-28-17-16(25)20-18(26)23-22-17/h6-8,10-11H,2-5,9,12H2,1H3,(H,21,24)(H2,20,23,25,26)/b19-11+. The number of hydrogen-bond acceptors (Lipinski definition) is 7. The third kappa shape index (κ3) is 7.78. The van der Waals surface area contributed by atoms with Crippen molar-refractivity contribution in [2.45, 2.75) is 37.6 Å². The number of nitrogens with one attached hydrogen (secondary N) is 3. The fourth-order valence-electron chi connectivity index (χ4n) is 2.18. The molecule has 150 valence electrons. The molecule has 1 heterocycles. The zero-order chi connectivity index (χ0) is 20.2. The van der Waals surface area contributed by atoms with Gasteiger partial charge < -0.3 is 4.74 Å². The Morgan fingerprint density at radius 2 is 2.18 bits per heavy atom. The van der Waals surface area contributed by atoms with Gasteiger partial charge in [0.05, 0.1) is 18.6 Å². The molecule has 0 fully saturated rings. The van der Waals surface area contributed by atoms with Gasteiger partial charge in [-0.1, -0.05) is 50.1 Å². The van der Waals surface area contributed by atoms with Gasteiger partial charge in [-0.3, -0.25) is 14.6 Å². The quantitative estimate of drug-likeness (QED) is 0.226. The van der Waals surface area contributed by atoms with E-state index in [0.717, 1.165) is 35.9 Å². The summed E-state index contributed by atoms with van der Waals surface area (Å²) in [7, 11) is 0. The van der Waals surface area contributed by atoms with Crippen molar-refractivity contribution in [1.29, 1.82) is 0 Å². The first-order valence-electron chi connectivity index (χ1n) is 8.95. The maximum atomic E-state index is 11.8. The van der Waals surface area contributed by atoms with Crippen LogP contribution in [0.25, 0.3) is 0 Å². The molecule has 1 amide bonds. The molecule has 2 rings (SSSR count). The normalized spacial score (nSPS) is 10.9. The second-order valence-corrected chi connectivity index (χ2v) is 6.84. The van der Waals surface area contributed by atoms with Gasteiger partial charge >= 0.3 is 5.69 Å². The highest BCUT2D eigenvalue weighted by molar-refractivity contribution is 7.99. The number of thioether (sulfide) groups is 1. The van der Waals surface area contributed by atoms with Crippen molar-refractivity contribution >= 4 is 23.9 Å². The van der Waals surface area contributed by atoms with E-state index in [-0.39, 0.29) is 10.8 Å². The van der Waals surface area contributed by atoms with Crippen molar-refractivity contribution in [2.75, 3.05) is 12.4 Å². The smallest absolute Gasteiger partial charge is 0.342 e. The van der Waals surface area contributed by atoms with Gasteiger partial charge in [0.2, 0.25) is 5.91 Å². The van der Waals surface area contributed by atoms with E-state index in [2.05, 4.69) is 27.6 Å². The van der Waals surface area contributed by atoms with Crippen LogP contribution in [-0.4, -0.2) is 39.7 Å². The van der Waals surface area contributed by atoms with Crippen LogP contribution in [0.15, 0.2) is 44.0 Å². The van der Waals surface area contributed by atoms with Crippen LogP contribution in [-0.2, 0) is 4.79 Å². The number of benzene rings is 1. The lowest BCUT2D eigenvalue weighted by Gasteiger charge is -2.06. The van der Waals surface area contributed by atoms with Crippen LogP contribution in [0.3, 0.4) is 0 Å². The van der Waals surface area contributed by atoms with Crippen molar-refractivity contribution in [1.82, 2.24) is 20.6 Å². The molecule has 10 heteroatoms. The highest BCUT2D eigenvalue weighted by Crippen LogP contribution is 2.13. The molecule has 0 saturated carbocycles. The number of carbonyl (C=O) groups is 1. The highest BCUT2D eigenvalue weighted by Gasteiger charge is 2.07. The molecule has 0 atom stereocenters. The SMILES string of the molecule is CCCCCCOc1cccc(/C=N/NC(=O)CSc2n[nH]c(=O)[nH]c2=O)c1. The van der Waals surface area contributed by atoms with Crippen molar-refractivity contribution < 1.29 is 9.53 Å². The Morgan fingerprint density at radius 1 is 1.32 bits per heavy atom. The molecule has 0 radical (unpaired) electrons. The van der Waals surface area contributed by atoms with Crippen LogP contribution in [0.5, 0.6) is 5.75 Å². The summed E-state index contributed by atoms with van der Waals surface area (Å²) in [5.74, 6) is 0.281. The summed E-state index contributed by atoms with van der Waals surface area (Å²) in [4.78, 5) is 36.2. The number of hydrogen-bond donors (Lipinski definition) is 3. The van der Waals surface area contributed by atoms with E-state index in [0.29, 0.717) is 6.61 Å². The Bertz CT molecular complexity index is 909. The summed E-state index contributed by atoms with van der Waals surface area (Å²) in [6.07, 6.45) is 6.08. The van der Waals surface area contributed by atoms with E-state index in [1.165, 1.54) is 19.1 Å². The van der Waals surface area contributed by atoms with Crippen LogP contribution in [0.4, 0.5) is 0 Å². The first-order chi connectivity index (χ1) is 13.6. The number of nitrogens with zero attached hydrogens (tertiary/aromatic N) is 2. The lowest BCUT2D eigenvalue weighted by Crippen LogP contribution is -2.26. The number of carbonyl (C=O) groups excluding carboxylic acids is 1. The van der Waals surface area contributed by atoms with Gasteiger partial charge in [0.1, 0.15) is 5.75 Å². The zero-order valence-corrected chi connectivity index (χ0v) is 16.4. The van der Waals surface area contributed by atoms with Gasteiger partial charge in [0, 0.05) is 0 Å². The largest absolute Gasteiger partial charge is 0.494 e. The van der Waals surface area contributed by atoms with E-state index in [4.69, 9.17) is 4.74 Å². The maximum absolute atomic E-state index is 11.8. The van der Waals surface area contributed by atoms with Gasteiger partial charge in [0.25, 0.3) is 5.56 Å². The Balaban J connectivity index is 1.77. The molecule has 1 aromatic carbocycles. The van der Waals surface area contributed by atoms with Crippen LogP contribution in [0.2, 0.25) is 0 Å². The molecule has 0 aliphatic carbocycles. The van der Waals surface area contributed by atoms with Crippen LogP contribution < -0.4 is 21.4 Å². The molecule has 0 unspecified atom stereocenters. The summed E-state index contributed by atoms with van der Waals surface area (Å²) in [6, 6.07) is 7.42. The fraction of sp³-hybridized carbons (Fsp3) is 0.389. The van der Waals surface area contributed by atoms with Gasteiger partial charge in [0.15, 0.2) is 5.03 Å².